The number of rotatable bonds is 10. The Morgan fingerprint density at radius 3 is 2.54 bits per heavy atom. The molecule has 6 heteroatoms. The fourth-order valence-corrected chi connectivity index (χ4v) is 5.28. The van der Waals surface area contributed by atoms with Gasteiger partial charge in [-0.25, -0.2) is 5.26 Å². The van der Waals surface area contributed by atoms with Crippen LogP contribution in [0.3, 0.4) is 0 Å². The molecule has 178 valence electrons. The van der Waals surface area contributed by atoms with Crippen LogP contribution in [0.25, 0.3) is 44.9 Å². The highest BCUT2D eigenvalue weighted by Gasteiger charge is 2.12. The van der Waals surface area contributed by atoms with Crippen molar-refractivity contribution < 1.29 is 19.2 Å². The molecule has 1 N–H and O–H groups in total. The van der Waals surface area contributed by atoms with Crippen molar-refractivity contribution in [3.63, 3.8) is 0 Å². The number of hydrogen-bond donors (Lipinski definition) is 1. The quantitative estimate of drug-likeness (QED) is 0.0743. The summed E-state index contributed by atoms with van der Waals surface area (Å²) in [6, 6.07) is 26.1. The van der Waals surface area contributed by atoms with E-state index in [1.165, 1.54) is 43.8 Å². The highest BCUT2D eigenvalue weighted by atomic mass is 32.2. The molecular weight excluding hydrogens is 456 g/mol. The van der Waals surface area contributed by atoms with Gasteiger partial charge in [-0.15, -0.1) is 4.33 Å². The summed E-state index contributed by atoms with van der Waals surface area (Å²) >= 11 is 1.11. The third kappa shape index (κ3) is 4.97. The standard InChI is InChI=1S/C29H28N2O3S/c1-2-31-28-12-6-4-10-25(28)26-21-22(14-16-29(26)31)13-15-23-17-19-30(18-7-8-20-35-34-33-32)27-11-5-3-9-24(23)27/h3-6,9-17,19,21H,2,7-8,18,20H2,1H3/p+1. The summed E-state index contributed by atoms with van der Waals surface area (Å²) in [6.45, 7) is 4.08. The average molecular weight is 486 g/mol. The van der Waals surface area contributed by atoms with Gasteiger partial charge in [-0.1, -0.05) is 53.6 Å². The molecule has 3 aromatic carbocycles. The van der Waals surface area contributed by atoms with Crippen molar-refractivity contribution in [3.8, 4) is 0 Å². The zero-order valence-corrected chi connectivity index (χ0v) is 20.6. The van der Waals surface area contributed by atoms with Gasteiger partial charge in [0.05, 0.1) is 5.39 Å². The first-order valence-electron chi connectivity index (χ1n) is 12.0. The molecule has 0 fully saturated rings. The first kappa shape index (κ1) is 23.6. The van der Waals surface area contributed by atoms with Crippen molar-refractivity contribution in [2.75, 3.05) is 5.75 Å². The van der Waals surface area contributed by atoms with Gasteiger partial charge in [-0.2, -0.15) is 4.57 Å². The zero-order chi connectivity index (χ0) is 24.0. The van der Waals surface area contributed by atoms with E-state index in [1.54, 1.807) is 0 Å². The minimum absolute atomic E-state index is 0.765. The average Bonchev–Trinajstić information content (AvgIpc) is 3.23. The molecule has 0 saturated heterocycles. The smallest absolute Gasteiger partial charge is 0.213 e. The largest absolute Gasteiger partial charge is 0.341 e. The number of hydrogen-bond acceptors (Lipinski definition) is 4. The molecule has 2 heterocycles. The number of aromatic nitrogens is 2. The third-order valence-electron chi connectivity index (χ3n) is 6.48. The van der Waals surface area contributed by atoms with Crippen LogP contribution in [0.5, 0.6) is 0 Å². The summed E-state index contributed by atoms with van der Waals surface area (Å²) in [5.74, 6) is 0.765. The van der Waals surface area contributed by atoms with E-state index in [9.17, 15) is 0 Å². The number of pyridine rings is 1. The maximum absolute atomic E-state index is 8.21. The summed E-state index contributed by atoms with van der Waals surface area (Å²) in [6.07, 6.45) is 8.57. The van der Waals surface area contributed by atoms with Crippen LogP contribution in [0, 0.1) is 0 Å². The maximum Gasteiger partial charge on any atom is 0.213 e. The molecule has 0 spiro atoms. The summed E-state index contributed by atoms with van der Waals surface area (Å²) in [4.78, 5) is 0. The van der Waals surface area contributed by atoms with Crippen LogP contribution in [-0.2, 0) is 22.5 Å². The van der Waals surface area contributed by atoms with Gasteiger partial charge in [0.1, 0.15) is 6.54 Å². The lowest BCUT2D eigenvalue weighted by molar-refractivity contribution is -0.671. The fraction of sp³-hybridized carbons (Fsp3) is 0.207. The van der Waals surface area contributed by atoms with E-state index in [0.29, 0.717) is 0 Å². The zero-order valence-electron chi connectivity index (χ0n) is 19.8. The van der Waals surface area contributed by atoms with Gasteiger partial charge in [-0.3, -0.25) is 0 Å². The molecule has 5 nitrogen and oxygen atoms in total. The van der Waals surface area contributed by atoms with E-state index in [0.717, 1.165) is 43.7 Å². The molecule has 0 saturated carbocycles. The molecule has 0 amide bonds. The fourth-order valence-electron chi connectivity index (χ4n) is 4.85. The molecule has 0 bridgehead atoms. The van der Waals surface area contributed by atoms with Crippen LogP contribution in [-0.4, -0.2) is 15.6 Å². The van der Waals surface area contributed by atoms with Crippen molar-refractivity contribution in [3.05, 3.63) is 90.1 Å². The van der Waals surface area contributed by atoms with E-state index in [4.69, 9.17) is 5.26 Å². The predicted molar refractivity (Wildman–Crippen MR) is 145 cm³/mol. The van der Waals surface area contributed by atoms with E-state index < -0.39 is 0 Å². The van der Waals surface area contributed by atoms with E-state index in [2.05, 4.69) is 117 Å². The van der Waals surface area contributed by atoms with Crippen LogP contribution in [0.15, 0.2) is 79.0 Å². The van der Waals surface area contributed by atoms with Crippen LogP contribution in [0.2, 0.25) is 0 Å². The highest BCUT2D eigenvalue weighted by molar-refractivity contribution is 7.94. The molecule has 0 aliphatic rings. The van der Waals surface area contributed by atoms with Gasteiger partial charge in [0.15, 0.2) is 6.20 Å². The topological polar surface area (TPSA) is 47.5 Å². The van der Waals surface area contributed by atoms with Gasteiger partial charge in [-0.05, 0) is 48.7 Å². The SMILES string of the molecule is CCn1c2ccccc2c2cc(C=Cc3cc[n+](CCCCSOOO)c4ccccc34)ccc21. The first-order valence-corrected chi connectivity index (χ1v) is 12.9. The molecule has 35 heavy (non-hydrogen) atoms. The lowest BCUT2D eigenvalue weighted by atomic mass is 10.1. The van der Waals surface area contributed by atoms with Crippen LogP contribution >= 0.6 is 12.0 Å². The molecule has 5 rings (SSSR count). The second-order valence-corrected chi connectivity index (χ2v) is 9.30. The molecule has 0 aliphatic heterocycles. The second-order valence-electron chi connectivity index (χ2n) is 8.52. The first-order chi connectivity index (χ1) is 17.3. The molecule has 5 aromatic rings. The maximum atomic E-state index is 8.21. The van der Waals surface area contributed by atoms with Crippen molar-refractivity contribution in [2.24, 2.45) is 0 Å². The van der Waals surface area contributed by atoms with Gasteiger partial charge < -0.3 is 4.57 Å². The summed E-state index contributed by atoms with van der Waals surface area (Å²) in [7, 11) is 0. The number of benzene rings is 3. The number of nitrogens with zero attached hydrogens (tertiary/aromatic N) is 2. The Morgan fingerprint density at radius 2 is 1.69 bits per heavy atom. The Morgan fingerprint density at radius 1 is 0.886 bits per heavy atom. The lowest BCUT2D eigenvalue weighted by Crippen LogP contribution is -2.34. The van der Waals surface area contributed by atoms with Gasteiger partial charge in [0.25, 0.3) is 0 Å². The molecule has 0 radical (unpaired) electrons. The minimum Gasteiger partial charge on any atom is -0.341 e. The van der Waals surface area contributed by atoms with Crippen molar-refractivity contribution in [1.82, 2.24) is 4.57 Å². The Labute approximate surface area is 209 Å². The van der Waals surface area contributed by atoms with Gasteiger partial charge >= 0.3 is 0 Å². The highest BCUT2D eigenvalue weighted by Crippen LogP contribution is 2.30. The van der Waals surface area contributed by atoms with Crippen LogP contribution < -0.4 is 4.57 Å². The van der Waals surface area contributed by atoms with E-state index in [-0.39, 0.29) is 0 Å². The van der Waals surface area contributed by atoms with Gasteiger partial charge in [0, 0.05) is 64.7 Å². The van der Waals surface area contributed by atoms with Crippen LogP contribution in [0.1, 0.15) is 30.9 Å². The number of para-hydroxylation sites is 2. The lowest BCUT2D eigenvalue weighted by Gasteiger charge is -2.05. The second kappa shape index (κ2) is 11.1. The van der Waals surface area contributed by atoms with Crippen LogP contribution in [0.4, 0.5) is 0 Å². The molecule has 0 aliphatic carbocycles. The predicted octanol–water partition coefficient (Wildman–Crippen LogP) is 7.28. The Kier molecular flexibility index (Phi) is 7.45. The van der Waals surface area contributed by atoms with Crippen molar-refractivity contribution >= 4 is 56.9 Å². The Bertz CT molecular complexity index is 1490. The molecule has 0 atom stereocenters. The summed E-state index contributed by atoms with van der Waals surface area (Å²) in [5.41, 5.74) is 6.20. The summed E-state index contributed by atoms with van der Waals surface area (Å²) < 4.78 is 9.12. The number of fused-ring (bicyclic) bond motifs is 4. The van der Waals surface area contributed by atoms with E-state index in [1.807, 2.05) is 0 Å². The Balaban J connectivity index is 1.41. The molecule has 0 unspecified atom stereocenters. The van der Waals surface area contributed by atoms with Crippen molar-refractivity contribution in [2.45, 2.75) is 32.9 Å². The molecular formula is C29H29N2O3S+. The Hall–Kier alpha value is -3.16. The third-order valence-corrected chi connectivity index (χ3v) is 7.09. The molecule has 2 aromatic heterocycles. The monoisotopic (exact) mass is 485 g/mol. The number of aryl methyl sites for hydroxylation is 2. The minimum atomic E-state index is 0.765. The number of unbranched alkanes of at least 4 members (excludes halogenated alkanes) is 1. The van der Waals surface area contributed by atoms with Gasteiger partial charge in [0.2, 0.25) is 5.52 Å². The van der Waals surface area contributed by atoms with E-state index >= 15 is 0 Å². The summed E-state index contributed by atoms with van der Waals surface area (Å²) in [5, 5.41) is 15.7. The van der Waals surface area contributed by atoms with Crippen molar-refractivity contribution in [1.29, 1.82) is 0 Å². The normalized spacial score (nSPS) is 11.9.